The Bertz CT molecular complexity index is 375. The van der Waals surface area contributed by atoms with E-state index in [0.29, 0.717) is 13.1 Å². The van der Waals surface area contributed by atoms with E-state index in [0.717, 1.165) is 0 Å². The molecule has 0 saturated carbocycles. The molecule has 0 bridgehead atoms. The third-order valence-corrected chi connectivity index (χ3v) is 3.34. The predicted octanol–water partition coefficient (Wildman–Crippen LogP) is -2.61. The molecule has 4 unspecified atom stereocenters. The molecule has 3 N–H and O–H groups in total. The molecule has 18 heavy (non-hydrogen) atoms. The number of nitrogens with one attached hydrogen (secondary N) is 1. The third-order valence-electron chi connectivity index (χ3n) is 3.34. The zero-order chi connectivity index (χ0) is 13.5. The van der Waals surface area contributed by atoms with E-state index in [1.807, 2.05) is 0 Å². The number of aliphatic hydroxyl groups excluding tert-OH is 2. The molecule has 0 aliphatic carbocycles. The smallest absolute Gasteiger partial charge is 0.340 e. The molecule has 2 saturated heterocycles. The topological polar surface area (TPSA) is 108 Å². The quantitative estimate of drug-likeness (QED) is 0.406. The van der Waals surface area contributed by atoms with Gasteiger partial charge < -0.3 is 19.7 Å². The van der Waals surface area contributed by atoms with E-state index in [1.165, 1.54) is 0 Å². The second-order valence-electron chi connectivity index (χ2n) is 4.56. The molecule has 102 valence electrons. The van der Waals surface area contributed by atoms with Crippen molar-refractivity contribution >= 4 is 11.9 Å². The number of carbonyl (C=O) groups excluding carboxylic acids is 2. The highest BCUT2D eigenvalue weighted by Gasteiger charge is 2.51. The first-order chi connectivity index (χ1) is 8.36. The molecule has 0 aromatic rings. The van der Waals surface area contributed by atoms with Crippen molar-refractivity contribution in [2.24, 2.45) is 0 Å². The van der Waals surface area contributed by atoms with Crippen LogP contribution < -0.4 is 5.32 Å². The van der Waals surface area contributed by atoms with Gasteiger partial charge in [-0.25, -0.2) is 9.59 Å². The van der Waals surface area contributed by atoms with E-state index in [9.17, 15) is 19.8 Å². The summed E-state index contributed by atoms with van der Waals surface area (Å²) < 4.78 is 10.2. The van der Waals surface area contributed by atoms with Gasteiger partial charge in [-0.05, 0) is 14.0 Å². The Labute approximate surface area is 103 Å². The molecule has 4 atom stereocenters. The maximum Gasteiger partial charge on any atom is 0.340 e. The predicted molar refractivity (Wildman–Crippen MR) is 57.0 cm³/mol. The van der Waals surface area contributed by atoms with Gasteiger partial charge in [-0.15, -0.1) is 0 Å². The van der Waals surface area contributed by atoms with Crippen LogP contribution in [0.15, 0.2) is 0 Å². The molecule has 0 aromatic carbocycles. The molecule has 2 aliphatic rings. The van der Waals surface area contributed by atoms with Crippen molar-refractivity contribution < 1.29 is 29.3 Å². The van der Waals surface area contributed by atoms with Gasteiger partial charge >= 0.3 is 11.9 Å². The molecule has 2 rings (SSSR count). The van der Waals surface area contributed by atoms with Crippen LogP contribution in [0.25, 0.3) is 0 Å². The second kappa shape index (κ2) is 4.47. The number of ether oxygens (including phenoxy) is 2. The van der Waals surface area contributed by atoms with Crippen LogP contribution in [0.4, 0.5) is 0 Å². The van der Waals surface area contributed by atoms with Crippen LogP contribution in [0.1, 0.15) is 6.92 Å². The van der Waals surface area contributed by atoms with Crippen LogP contribution in [0.5, 0.6) is 0 Å². The number of piperazine rings is 1. The van der Waals surface area contributed by atoms with Crippen LogP contribution in [-0.4, -0.2) is 71.3 Å². The van der Waals surface area contributed by atoms with Gasteiger partial charge in [-0.1, -0.05) is 0 Å². The highest BCUT2D eigenvalue weighted by molar-refractivity contribution is 5.86. The largest absolute Gasteiger partial charge is 0.439 e. The molecule has 8 heteroatoms. The number of hydrogen-bond donors (Lipinski definition) is 3. The molecule has 0 aromatic heterocycles. The minimum Gasteiger partial charge on any atom is -0.439 e. The summed E-state index contributed by atoms with van der Waals surface area (Å²) in [5.41, 5.74) is -1.22. The highest BCUT2D eigenvalue weighted by Crippen LogP contribution is 2.27. The Balaban J connectivity index is 2.32. The van der Waals surface area contributed by atoms with E-state index < -0.39 is 36.1 Å². The van der Waals surface area contributed by atoms with E-state index in [1.54, 1.807) is 18.9 Å². The fraction of sp³-hybridized carbons (Fsp3) is 0.800. The van der Waals surface area contributed by atoms with Crippen molar-refractivity contribution in [3.05, 3.63) is 0 Å². The number of aliphatic hydroxyl groups is 2. The number of nitrogens with zero attached hydrogens (tertiary/aromatic N) is 1. The minimum absolute atomic E-state index is 0.542. The molecule has 2 fully saturated rings. The number of fused-ring (bicyclic) bond motifs is 1. The van der Waals surface area contributed by atoms with Crippen LogP contribution >= 0.6 is 0 Å². The maximum absolute atomic E-state index is 11.6. The van der Waals surface area contributed by atoms with Gasteiger partial charge in [0.2, 0.25) is 12.0 Å². The number of rotatable bonds is 0. The van der Waals surface area contributed by atoms with Crippen molar-refractivity contribution in [2.75, 3.05) is 20.1 Å². The summed E-state index contributed by atoms with van der Waals surface area (Å²) in [5, 5.41) is 21.7. The maximum atomic E-state index is 11.6. The normalized spacial score (nSPS) is 42.3. The number of hydrogen-bond acceptors (Lipinski definition) is 8. The fourth-order valence-corrected chi connectivity index (χ4v) is 1.97. The number of esters is 2. The van der Waals surface area contributed by atoms with Crippen molar-refractivity contribution in [1.82, 2.24) is 10.2 Å². The van der Waals surface area contributed by atoms with Gasteiger partial charge in [0.25, 0.3) is 0 Å². The van der Waals surface area contributed by atoms with Crippen molar-refractivity contribution in [3.63, 3.8) is 0 Å². The van der Waals surface area contributed by atoms with Gasteiger partial charge in [0.05, 0.1) is 0 Å². The van der Waals surface area contributed by atoms with Crippen LogP contribution in [0, 0.1) is 0 Å². The first kappa shape index (κ1) is 13.2. The number of likely N-dealkylation sites (N-methyl/N-ethyl adjacent to an activating group) is 1. The van der Waals surface area contributed by atoms with Crippen molar-refractivity contribution in [1.29, 1.82) is 0 Å². The van der Waals surface area contributed by atoms with Crippen LogP contribution in [0.2, 0.25) is 0 Å². The summed E-state index contributed by atoms with van der Waals surface area (Å²) in [4.78, 5) is 24.9. The fourth-order valence-electron chi connectivity index (χ4n) is 1.97. The van der Waals surface area contributed by atoms with E-state index in [2.05, 4.69) is 5.32 Å². The molecule has 0 amide bonds. The lowest BCUT2D eigenvalue weighted by atomic mass is 10.1. The summed E-state index contributed by atoms with van der Waals surface area (Å²) in [6.45, 7) is 2.69. The van der Waals surface area contributed by atoms with Crippen molar-refractivity contribution in [3.8, 4) is 0 Å². The third kappa shape index (κ3) is 1.97. The lowest BCUT2D eigenvalue weighted by molar-refractivity contribution is -0.250. The monoisotopic (exact) mass is 260 g/mol. The van der Waals surface area contributed by atoms with Crippen LogP contribution in [0.3, 0.4) is 0 Å². The lowest BCUT2D eigenvalue weighted by Gasteiger charge is -2.47. The van der Waals surface area contributed by atoms with E-state index in [-0.39, 0.29) is 0 Å². The molecule has 0 spiro atoms. The van der Waals surface area contributed by atoms with Crippen LogP contribution in [-0.2, 0) is 19.1 Å². The zero-order valence-corrected chi connectivity index (χ0v) is 10.1. The standard InChI is InChI=1S/C10H16N2O6/c1-10-9(11-3-4-12(10)2)17-7(15)5(13)6(14)8(16)18-10/h5-6,9,11,13-14H,3-4H2,1-2H3. The summed E-state index contributed by atoms with van der Waals surface area (Å²) in [6.07, 6.45) is -4.77. The second-order valence-corrected chi connectivity index (χ2v) is 4.56. The molecule has 2 heterocycles. The summed E-state index contributed by atoms with van der Waals surface area (Å²) in [5.74, 6) is -2.11. The Hall–Kier alpha value is -1.22. The van der Waals surface area contributed by atoms with Crippen molar-refractivity contribution in [2.45, 2.75) is 31.1 Å². The zero-order valence-electron chi connectivity index (χ0n) is 10.1. The summed E-state index contributed by atoms with van der Waals surface area (Å²) in [6, 6.07) is 0. The van der Waals surface area contributed by atoms with E-state index >= 15 is 0 Å². The Morgan fingerprint density at radius 2 is 1.94 bits per heavy atom. The molecular formula is C10H16N2O6. The first-order valence-corrected chi connectivity index (χ1v) is 5.60. The van der Waals surface area contributed by atoms with Gasteiger partial charge in [-0.3, -0.25) is 10.2 Å². The van der Waals surface area contributed by atoms with E-state index in [4.69, 9.17) is 9.47 Å². The number of carbonyl (C=O) groups is 2. The Morgan fingerprint density at radius 3 is 2.61 bits per heavy atom. The SMILES string of the molecule is CN1CCNC2OC(=O)C(O)C(O)C(=O)OC21C. The minimum atomic E-state index is -1.94. The average Bonchev–Trinajstić information content (AvgIpc) is 2.32. The summed E-state index contributed by atoms with van der Waals surface area (Å²) >= 11 is 0. The Morgan fingerprint density at radius 1 is 1.33 bits per heavy atom. The first-order valence-electron chi connectivity index (χ1n) is 5.60. The van der Waals surface area contributed by atoms with Gasteiger partial charge in [-0.2, -0.15) is 0 Å². The molecule has 2 aliphatic heterocycles. The molecular weight excluding hydrogens is 244 g/mol. The van der Waals surface area contributed by atoms with Gasteiger partial charge in [0.15, 0.2) is 12.2 Å². The highest BCUT2D eigenvalue weighted by atomic mass is 16.6. The average molecular weight is 260 g/mol. The molecule has 8 nitrogen and oxygen atoms in total. The summed E-state index contributed by atoms with van der Waals surface area (Å²) in [7, 11) is 1.71. The lowest BCUT2D eigenvalue weighted by Crippen LogP contribution is -2.70. The molecule has 0 radical (unpaired) electrons. The Kier molecular flexibility index (Phi) is 3.28. The van der Waals surface area contributed by atoms with Gasteiger partial charge in [0.1, 0.15) is 0 Å². The van der Waals surface area contributed by atoms with Gasteiger partial charge in [0, 0.05) is 13.1 Å².